The van der Waals surface area contributed by atoms with E-state index >= 15 is 0 Å². The third-order valence-corrected chi connectivity index (χ3v) is 5.58. The fourth-order valence-corrected chi connectivity index (χ4v) is 3.69. The van der Waals surface area contributed by atoms with Gasteiger partial charge in [-0.3, -0.25) is 0 Å². The fraction of sp³-hybridized carbons (Fsp3) is 0.923. The summed E-state index contributed by atoms with van der Waals surface area (Å²) in [7, 11) is 0. The zero-order valence-electron chi connectivity index (χ0n) is 18.8. The topological polar surface area (TPSA) is 9.23 Å². The van der Waals surface area contributed by atoms with Gasteiger partial charge in [-0.1, -0.05) is 142 Å². The maximum Gasteiger partial charge on any atom is 0.0466 e. The van der Waals surface area contributed by atoms with Crippen LogP contribution in [0.3, 0.4) is 0 Å². The molecule has 2 radical (unpaired) electrons. The van der Waals surface area contributed by atoms with Crippen molar-refractivity contribution in [3.05, 3.63) is 13.8 Å². The zero-order valence-corrected chi connectivity index (χ0v) is 18.8. The van der Waals surface area contributed by atoms with Gasteiger partial charge in [-0.25, -0.2) is 0 Å². The predicted molar refractivity (Wildman–Crippen MR) is 123 cm³/mol. The first kappa shape index (κ1) is 27.0. The van der Waals surface area contributed by atoms with Crippen LogP contribution in [-0.4, -0.2) is 13.2 Å². The van der Waals surface area contributed by atoms with Gasteiger partial charge in [0.15, 0.2) is 0 Å². The summed E-state index contributed by atoms with van der Waals surface area (Å²) in [5.41, 5.74) is 0. The molecule has 0 aromatic heterocycles. The highest BCUT2D eigenvalue weighted by Crippen LogP contribution is 2.13. The van der Waals surface area contributed by atoms with Crippen LogP contribution in [0.4, 0.5) is 0 Å². The number of hydrogen-bond donors (Lipinski definition) is 0. The van der Waals surface area contributed by atoms with E-state index in [2.05, 4.69) is 13.8 Å². The molecule has 0 aromatic carbocycles. The van der Waals surface area contributed by atoms with Crippen molar-refractivity contribution in [1.29, 1.82) is 0 Å². The van der Waals surface area contributed by atoms with Gasteiger partial charge in [0.05, 0.1) is 0 Å². The molecule has 0 heterocycles. The summed E-state index contributed by atoms with van der Waals surface area (Å²) < 4.78 is 5.74. The highest BCUT2D eigenvalue weighted by atomic mass is 16.5. The second kappa shape index (κ2) is 26.0. The second-order valence-corrected chi connectivity index (χ2v) is 8.39. The molecule has 162 valence electrons. The minimum atomic E-state index is 0.973. The van der Waals surface area contributed by atoms with Gasteiger partial charge in [-0.05, 0) is 12.8 Å². The lowest BCUT2D eigenvalue weighted by molar-refractivity contribution is 0.125. The Morgan fingerprint density at radius 2 is 0.519 bits per heavy atom. The Bertz CT molecular complexity index is 214. The number of hydrogen-bond acceptors (Lipinski definition) is 1. The predicted octanol–water partition coefficient (Wildman–Crippen LogP) is 9.25. The third kappa shape index (κ3) is 26.0. The lowest BCUT2D eigenvalue weighted by Crippen LogP contribution is -1.97. The molecule has 0 saturated carbocycles. The summed E-state index contributed by atoms with van der Waals surface area (Å²) >= 11 is 0. The monoisotopic (exact) mass is 380 g/mol. The van der Waals surface area contributed by atoms with Gasteiger partial charge >= 0.3 is 0 Å². The van der Waals surface area contributed by atoms with E-state index < -0.39 is 0 Å². The molecular weight excluding hydrogens is 328 g/mol. The second-order valence-electron chi connectivity index (χ2n) is 8.39. The molecule has 0 fully saturated rings. The summed E-state index contributed by atoms with van der Waals surface area (Å²) in [5, 5.41) is 0. The standard InChI is InChI=1S/C26H52O/c1-3-5-7-9-11-12-13-14-15-16-17-18-19-20-22-24-26-27-25-23-21-10-8-6-4-2/h1-26H2. The Hall–Kier alpha value is -0.0400. The SMILES string of the molecule is [CH2]CCCCCCCCCCCCCCCCCOCCCCCCC[CH2]. The van der Waals surface area contributed by atoms with Gasteiger partial charge < -0.3 is 4.74 Å². The van der Waals surface area contributed by atoms with Gasteiger partial charge in [0, 0.05) is 13.2 Å². The molecule has 0 aliphatic heterocycles. The minimum Gasteiger partial charge on any atom is -0.381 e. The lowest BCUT2D eigenvalue weighted by Gasteiger charge is -2.05. The van der Waals surface area contributed by atoms with Crippen molar-refractivity contribution in [2.24, 2.45) is 0 Å². The van der Waals surface area contributed by atoms with Crippen LogP contribution in [0.2, 0.25) is 0 Å². The molecule has 0 aliphatic rings. The summed E-state index contributed by atoms with van der Waals surface area (Å²) in [6, 6.07) is 0. The molecule has 0 aromatic rings. The summed E-state index contributed by atoms with van der Waals surface area (Å²) in [4.78, 5) is 0. The smallest absolute Gasteiger partial charge is 0.0466 e. The molecule has 0 atom stereocenters. The van der Waals surface area contributed by atoms with E-state index in [1.807, 2.05) is 0 Å². The normalized spacial score (nSPS) is 11.3. The van der Waals surface area contributed by atoms with Crippen LogP contribution >= 0.6 is 0 Å². The third-order valence-electron chi connectivity index (χ3n) is 5.58. The van der Waals surface area contributed by atoms with Crippen molar-refractivity contribution in [2.45, 2.75) is 141 Å². The molecule has 0 bridgehead atoms. The first-order valence-corrected chi connectivity index (χ1v) is 12.6. The molecule has 0 N–H and O–H groups in total. The van der Waals surface area contributed by atoms with Crippen LogP contribution < -0.4 is 0 Å². The number of unbranched alkanes of at least 4 members (excludes halogenated alkanes) is 20. The summed E-state index contributed by atoms with van der Waals surface area (Å²) in [6.07, 6.45) is 30.0. The van der Waals surface area contributed by atoms with Gasteiger partial charge in [-0.2, -0.15) is 0 Å². The van der Waals surface area contributed by atoms with E-state index in [4.69, 9.17) is 4.74 Å². The summed E-state index contributed by atoms with van der Waals surface area (Å²) in [5.74, 6) is 0. The molecule has 1 heteroatoms. The zero-order chi connectivity index (χ0) is 19.7. The van der Waals surface area contributed by atoms with Crippen molar-refractivity contribution < 1.29 is 4.74 Å². The first-order valence-electron chi connectivity index (χ1n) is 12.6. The number of ether oxygens (including phenoxy) is 1. The van der Waals surface area contributed by atoms with E-state index in [-0.39, 0.29) is 0 Å². The molecular formula is C26H52O. The quantitative estimate of drug-likeness (QED) is 0.152. The Balaban J connectivity index is 2.95. The van der Waals surface area contributed by atoms with E-state index in [0.29, 0.717) is 0 Å². The van der Waals surface area contributed by atoms with Gasteiger partial charge in [0.2, 0.25) is 0 Å². The van der Waals surface area contributed by atoms with Crippen molar-refractivity contribution >= 4 is 0 Å². The molecule has 0 amide bonds. The van der Waals surface area contributed by atoms with Crippen molar-refractivity contribution in [2.75, 3.05) is 13.2 Å². The van der Waals surface area contributed by atoms with Crippen LogP contribution in [0, 0.1) is 13.8 Å². The van der Waals surface area contributed by atoms with E-state index in [1.54, 1.807) is 0 Å². The van der Waals surface area contributed by atoms with E-state index in [9.17, 15) is 0 Å². The number of rotatable bonds is 24. The fourth-order valence-electron chi connectivity index (χ4n) is 3.69. The van der Waals surface area contributed by atoms with Crippen LogP contribution in [0.15, 0.2) is 0 Å². The van der Waals surface area contributed by atoms with Crippen LogP contribution in [0.25, 0.3) is 0 Å². The lowest BCUT2D eigenvalue weighted by atomic mass is 10.0. The van der Waals surface area contributed by atoms with Crippen molar-refractivity contribution in [1.82, 2.24) is 0 Å². The van der Waals surface area contributed by atoms with E-state index in [0.717, 1.165) is 26.1 Å². The van der Waals surface area contributed by atoms with Gasteiger partial charge in [0.25, 0.3) is 0 Å². The molecule has 1 nitrogen and oxygen atoms in total. The molecule has 0 rings (SSSR count). The van der Waals surface area contributed by atoms with Gasteiger partial charge in [-0.15, -0.1) is 0 Å². The minimum absolute atomic E-state index is 0.973. The van der Waals surface area contributed by atoms with Crippen molar-refractivity contribution in [3.63, 3.8) is 0 Å². The Morgan fingerprint density at radius 1 is 0.296 bits per heavy atom. The highest BCUT2D eigenvalue weighted by molar-refractivity contribution is 4.51. The Morgan fingerprint density at radius 3 is 0.778 bits per heavy atom. The largest absolute Gasteiger partial charge is 0.381 e. The van der Waals surface area contributed by atoms with Crippen LogP contribution in [0.5, 0.6) is 0 Å². The average Bonchev–Trinajstić information content (AvgIpc) is 2.68. The van der Waals surface area contributed by atoms with Crippen LogP contribution in [0.1, 0.15) is 141 Å². The first-order chi connectivity index (χ1) is 13.4. The highest BCUT2D eigenvalue weighted by Gasteiger charge is 1.95. The van der Waals surface area contributed by atoms with Crippen molar-refractivity contribution in [3.8, 4) is 0 Å². The van der Waals surface area contributed by atoms with Crippen LogP contribution in [-0.2, 0) is 4.74 Å². The Kier molecular flexibility index (Phi) is 25.9. The average molecular weight is 381 g/mol. The molecule has 0 unspecified atom stereocenters. The summed E-state index contributed by atoms with van der Waals surface area (Å²) in [6.45, 7) is 9.74. The molecule has 27 heavy (non-hydrogen) atoms. The molecule has 0 aliphatic carbocycles. The maximum absolute atomic E-state index is 5.74. The molecule has 0 saturated heterocycles. The Labute approximate surface area is 173 Å². The molecule has 0 spiro atoms. The maximum atomic E-state index is 5.74. The van der Waals surface area contributed by atoms with Gasteiger partial charge in [0.1, 0.15) is 0 Å². The van der Waals surface area contributed by atoms with E-state index in [1.165, 1.54) is 128 Å².